The van der Waals surface area contributed by atoms with Gasteiger partial charge in [-0.05, 0) is 72.5 Å². The van der Waals surface area contributed by atoms with E-state index in [9.17, 15) is 8.42 Å². The third kappa shape index (κ3) is 4.12. The minimum Gasteiger partial charge on any atom is -0.351 e. The Morgan fingerprint density at radius 2 is 1.93 bits per heavy atom. The molecule has 0 amide bonds. The lowest BCUT2D eigenvalue weighted by Crippen LogP contribution is -2.29. The average Bonchev–Trinajstić information content (AvgIpc) is 3.24. The van der Waals surface area contributed by atoms with E-state index in [1.807, 2.05) is 30.3 Å². The largest absolute Gasteiger partial charge is 0.351 e. The number of nitrogens with zero attached hydrogens (tertiary/aromatic N) is 2. The number of thiophene rings is 1. The fourth-order valence-corrected chi connectivity index (χ4v) is 5.45. The van der Waals surface area contributed by atoms with Gasteiger partial charge in [-0.15, -0.1) is 11.3 Å². The van der Waals surface area contributed by atoms with Gasteiger partial charge in [0, 0.05) is 22.4 Å². The highest BCUT2D eigenvalue weighted by Crippen LogP contribution is 2.44. The normalized spacial score (nSPS) is 19.2. The molecule has 150 valence electrons. The zero-order valence-corrected chi connectivity index (χ0v) is 18.3. The molecule has 3 aromatic rings. The molecule has 2 aromatic heterocycles. The molecule has 6 nitrogen and oxygen atoms in total. The second-order valence-electron chi connectivity index (χ2n) is 6.89. The zero-order valence-electron chi connectivity index (χ0n) is 15.9. The Hall–Kier alpha value is -2.49. The Morgan fingerprint density at radius 1 is 1.17 bits per heavy atom. The molecule has 3 heterocycles. The first kappa shape index (κ1) is 19.8. The summed E-state index contributed by atoms with van der Waals surface area (Å²) in [5.41, 5.74) is 3.52. The topological polar surface area (TPSA) is 74.3 Å². The van der Waals surface area contributed by atoms with E-state index in [4.69, 9.17) is 12.2 Å². The van der Waals surface area contributed by atoms with Crippen molar-refractivity contribution in [2.24, 2.45) is 0 Å². The molecule has 0 aliphatic carbocycles. The minimum absolute atomic E-state index is 0.0499. The molecule has 1 saturated heterocycles. The Labute approximate surface area is 179 Å². The quantitative estimate of drug-likeness (QED) is 0.580. The number of thiocarbonyl (C=S) groups is 1. The highest BCUT2D eigenvalue weighted by Gasteiger charge is 2.41. The third-order valence-electron chi connectivity index (χ3n) is 4.72. The fraction of sp³-hybridized carbons (Fsp3) is 0.200. The van der Waals surface area contributed by atoms with Crippen molar-refractivity contribution in [2.75, 3.05) is 15.9 Å². The van der Waals surface area contributed by atoms with Crippen molar-refractivity contribution in [3.63, 3.8) is 0 Å². The number of anilines is 2. The molecule has 0 spiro atoms. The summed E-state index contributed by atoms with van der Waals surface area (Å²) in [7, 11) is -3.32. The number of hydrogen-bond acceptors (Lipinski definition) is 5. The van der Waals surface area contributed by atoms with Crippen LogP contribution in [0.4, 0.5) is 11.4 Å². The lowest BCUT2D eigenvalue weighted by molar-refractivity contribution is 0.573. The van der Waals surface area contributed by atoms with Crippen LogP contribution in [-0.4, -0.2) is 24.8 Å². The molecule has 1 aromatic carbocycles. The number of rotatable bonds is 5. The maximum absolute atomic E-state index is 11.5. The van der Waals surface area contributed by atoms with Crippen LogP contribution in [0.5, 0.6) is 0 Å². The van der Waals surface area contributed by atoms with Crippen molar-refractivity contribution in [1.29, 1.82) is 0 Å². The van der Waals surface area contributed by atoms with Crippen molar-refractivity contribution >= 4 is 50.1 Å². The maximum atomic E-state index is 11.5. The van der Waals surface area contributed by atoms with E-state index in [2.05, 4.69) is 38.3 Å². The highest BCUT2D eigenvalue weighted by atomic mass is 32.2. The summed E-state index contributed by atoms with van der Waals surface area (Å²) in [4.78, 5) is 7.84. The van der Waals surface area contributed by atoms with E-state index in [-0.39, 0.29) is 12.1 Å². The monoisotopic (exact) mass is 444 g/mol. The molecule has 29 heavy (non-hydrogen) atoms. The second-order valence-corrected chi connectivity index (χ2v) is 9.97. The lowest BCUT2D eigenvalue weighted by atomic mass is 10.0. The predicted molar refractivity (Wildman–Crippen MR) is 122 cm³/mol. The molecule has 0 radical (unpaired) electrons. The van der Waals surface area contributed by atoms with Crippen LogP contribution in [0.3, 0.4) is 0 Å². The average molecular weight is 445 g/mol. The van der Waals surface area contributed by atoms with E-state index in [1.54, 1.807) is 29.7 Å². The molecule has 1 aliphatic heterocycles. The standard InChI is InChI=1S/C20H20N4O2S3/c1-13-10-12-28-19(13)18-17(16-5-3-4-11-21-16)22-20(27)24(18)15-8-6-14(7-9-15)23-29(2,25)26/h3-12,17-18,23H,1-2H3,(H,22,27)/t17-,18+/m0/s1. The molecule has 1 fully saturated rings. The second kappa shape index (κ2) is 7.74. The van der Waals surface area contributed by atoms with Gasteiger partial charge < -0.3 is 10.2 Å². The van der Waals surface area contributed by atoms with Gasteiger partial charge in [-0.3, -0.25) is 9.71 Å². The van der Waals surface area contributed by atoms with Crippen LogP contribution in [0.1, 0.15) is 28.2 Å². The first-order chi connectivity index (χ1) is 13.8. The smallest absolute Gasteiger partial charge is 0.229 e. The van der Waals surface area contributed by atoms with Crippen LogP contribution in [0.25, 0.3) is 0 Å². The van der Waals surface area contributed by atoms with Gasteiger partial charge in [-0.2, -0.15) is 0 Å². The lowest BCUT2D eigenvalue weighted by Gasteiger charge is -2.27. The Balaban J connectivity index is 1.75. The summed E-state index contributed by atoms with van der Waals surface area (Å²) in [5.74, 6) is 0. The molecular formula is C20H20N4O2S3. The van der Waals surface area contributed by atoms with Gasteiger partial charge in [0.05, 0.1) is 24.0 Å². The van der Waals surface area contributed by atoms with Crippen LogP contribution >= 0.6 is 23.6 Å². The van der Waals surface area contributed by atoms with Gasteiger partial charge in [0.15, 0.2) is 5.11 Å². The number of sulfonamides is 1. The van der Waals surface area contributed by atoms with Crippen molar-refractivity contribution in [3.8, 4) is 0 Å². The summed E-state index contributed by atoms with van der Waals surface area (Å²) in [6.07, 6.45) is 2.92. The van der Waals surface area contributed by atoms with Gasteiger partial charge >= 0.3 is 0 Å². The van der Waals surface area contributed by atoms with Crippen LogP contribution in [0.2, 0.25) is 0 Å². The predicted octanol–water partition coefficient (Wildman–Crippen LogP) is 4.00. The Morgan fingerprint density at radius 3 is 2.52 bits per heavy atom. The number of benzene rings is 1. The van der Waals surface area contributed by atoms with E-state index in [0.29, 0.717) is 10.8 Å². The summed E-state index contributed by atoms with van der Waals surface area (Å²) < 4.78 is 25.5. The van der Waals surface area contributed by atoms with Crippen molar-refractivity contribution in [2.45, 2.75) is 19.0 Å². The number of aromatic nitrogens is 1. The third-order valence-corrected chi connectivity index (χ3v) is 6.73. The van der Waals surface area contributed by atoms with E-state index in [1.165, 1.54) is 10.4 Å². The first-order valence-electron chi connectivity index (χ1n) is 8.96. The van der Waals surface area contributed by atoms with Gasteiger partial charge in [0.1, 0.15) is 0 Å². The number of pyridine rings is 1. The number of hydrogen-bond donors (Lipinski definition) is 2. The van der Waals surface area contributed by atoms with Crippen LogP contribution < -0.4 is 14.9 Å². The van der Waals surface area contributed by atoms with Crippen molar-refractivity contribution < 1.29 is 8.42 Å². The van der Waals surface area contributed by atoms with Gasteiger partial charge in [0.2, 0.25) is 10.0 Å². The molecular weight excluding hydrogens is 424 g/mol. The van der Waals surface area contributed by atoms with Crippen LogP contribution in [-0.2, 0) is 10.0 Å². The van der Waals surface area contributed by atoms with Gasteiger partial charge in [0.25, 0.3) is 0 Å². The molecule has 2 N–H and O–H groups in total. The minimum atomic E-state index is -3.32. The Kier molecular flexibility index (Phi) is 5.28. The van der Waals surface area contributed by atoms with Gasteiger partial charge in [-0.25, -0.2) is 8.42 Å². The summed E-state index contributed by atoms with van der Waals surface area (Å²) in [6.45, 7) is 2.10. The summed E-state index contributed by atoms with van der Waals surface area (Å²) in [5, 5.41) is 6.12. The fourth-order valence-electron chi connectivity index (χ4n) is 3.49. The van der Waals surface area contributed by atoms with Crippen LogP contribution in [0.15, 0.2) is 60.1 Å². The molecule has 4 rings (SSSR count). The number of aryl methyl sites for hydroxylation is 1. The van der Waals surface area contributed by atoms with Gasteiger partial charge in [-0.1, -0.05) is 6.07 Å². The van der Waals surface area contributed by atoms with E-state index < -0.39 is 10.0 Å². The Bertz CT molecular complexity index is 1130. The molecule has 2 atom stereocenters. The molecule has 0 saturated carbocycles. The van der Waals surface area contributed by atoms with E-state index in [0.717, 1.165) is 17.6 Å². The summed E-state index contributed by atoms with van der Waals surface area (Å²) in [6, 6.07) is 15.1. The highest BCUT2D eigenvalue weighted by molar-refractivity contribution is 7.92. The first-order valence-corrected chi connectivity index (χ1v) is 12.1. The zero-order chi connectivity index (χ0) is 20.6. The number of nitrogens with one attached hydrogen (secondary N) is 2. The molecule has 0 unspecified atom stereocenters. The van der Waals surface area contributed by atoms with Crippen LogP contribution in [0, 0.1) is 6.92 Å². The maximum Gasteiger partial charge on any atom is 0.229 e. The SMILES string of the molecule is Cc1ccsc1[C@H]1[C@H](c2ccccn2)NC(=S)N1c1ccc(NS(C)(=O)=O)cc1. The molecule has 1 aliphatic rings. The van der Waals surface area contributed by atoms with E-state index >= 15 is 0 Å². The summed E-state index contributed by atoms with van der Waals surface area (Å²) >= 11 is 7.39. The van der Waals surface area contributed by atoms with Crippen molar-refractivity contribution in [1.82, 2.24) is 10.3 Å². The van der Waals surface area contributed by atoms with Crippen molar-refractivity contribution in [3.05, 3.63) is 76.2 Å². The molecule has 0 bridgehead atoms. The molecule has 9 heteroatoms.